The normalized spacial score (nSPS) is 19.8. The monoisotopic (exact) mass is 433 g/mol. The van der Waals surface area contributed by atoms with Crippen LogP contribution >= 0.6 is 0 Å². The van der Waals surface area contributed by atoms with Gasteiger partial charge in [0.05, 0.1) is 12.8 Å². The molecule has 2 aromatic heterocycles. The smallest absolute Gasteiger partial charge is 0.321 e. The van der Waals surface area contributed by atoms with Gasteiger partial charge in [-0.15, -0.1) is 0 Å². The van der Waals surface area contributed by atoms with Gasteiger partial charge in [0, 0.05) is 55.5 Å². The summed E-state index contributed by atoms with van der Waals surface area (Å²) in [6.07, 6.45) is 1.60. The summed E-state index contributed by atoms with van der Waals surface area (Å²) in [6.45, 7) is 7.25. The number of fused-ring (bicyclic) bond motifs is 1. The lowest BCUT2D eigenvalue weighted by atomic mass is 10.0. The maximum Gasteiger partial charge on any atom is 0.321 e. The van der Waals surface area contributed by atoms with Gasteiger partial charge >= 0.3 is 6.03 Å². The van der Waals surface area contributed by atoms with Gasteiger partial charge in [0.2, 0.25) is 0 Å². The number of nitrogens with one attached hydrogen (secondary N) is 1. The highest BCUT2D eigenvalue weighted by Crippen LogP contribution is 2.34. The average molecular weight is 434 g/mol. The zero-order chi connectivity index (χ0) is 22.2. The van der Waals surface area contributed by atoms with Crippen LogP contribution in [0.2, 0.25) is 0 Å². The first-order valence-corrected chi connectivity index (χ1v) is 10.8. The highest BCUT2D eigenvalue weighted by Gasteiger charge is 2.42. The van der Waals surface area contributed by atoms with Gasteiger partial charge in [-0.1, -0.05) is 0 Å². The van der Waals surface area contributed by atoms with Crippen LogP contribution in [0.1, 0.15) is 11.4 Å². The van der Waals surface area contributed by atoms with Crippen LogP contribution in [0.5, 0.6) is 5.75 Å². The number of likely N-dealkylation sites (tertiary alicyclic amines) is 1. The Morgan fingerprint density at radius 1 is 1.00 bits per heavy atom. The van der Waals surface area contributed by atoms with Crippen LogP contribution < -0.4 is 15.0 Å². The van der Waals surface area contributed by atoms with Crippen molar-refractivity contribution < 1.29 is 9.53 Å². The van der Waals surface area contributed by atoms with E-state index >= 15 is 0 Å². The largest absolute Gasteiger partial charge is 0.497 e. The molecule has 4 heterocycles. The molecule has 2 unspecified atom stereocenters. The van der Waals surface area contributed by atoms with Crippen molar-refractivity contribution in [3.8, 4) is 11.6 Å². The fraction of sp³-hybridized carbons (Fsp3) is 0.391. The van der Waals surface area contributed by atoms with Crippen molar-refractivity contribution in [1.29, 1.82) is 0 Å². The van der Waals surface area contributed by atoms with Crippen molar-refractivity contribution in [2.75, 3.05) is 43.5 Å². The lowest BCUT2D eigenvalue weighted by Gasteiger charge is -2.23. The molecular weight excluding hydrogens is 406 g/mol. The zero-order valence-corrected chi connectivity index (χ0v) is 18.5. The zero-order valence-electron chi connectivity index (χ0n) is 18.5. The molecule has 0 radical (unpaired) electrons. The van der Waals surface area contributed by atoms with Gasteiger partial charge in [-0.3, -0.25) is 0 Å². The number of anilines is 2. The van der Waals surface area contributed by atoms with Gasteiger partial charge in [-0.05, 0) is 44.2 Å². The third-order valence-corrected chi connectivity index (χ3v) is 6.30. The lowest BCUT2D eigenvalue weighted by molar-refractivity contribution is 0.219. The third kappa shape index (κ3) is 3.86. The molecule has 3 aromatic rings. The number of aromatic nitrogens is 4. The molecule has 9 nitrogen and oxygen atoms in total. The molecule has 2 aliphatic rings. The molecule has 0 aliphatic carbocycles. The Morgan fingerprint density at radius 3 is 2.31 bits per heavy atom. The second kappa shape index (κ2) is 8.14. The Morgan fingerprint density at radius 2 is 1.69 bits per heavy atom. The van der Waals surface area contributed by atoms with Crippen LogP contribution in [-0.4, -0.2) is 64.0 Å². The highest BCUT2D eigenvalue weighted by molar-refractivity contribution is 5.89. The van der Waals surface area contributed by atoms with E-state index in [2.05, 4.69) is 25.3 Å². The standard InChI is InChI=1S/C23H27N7O2/c1-15-8-16(2)30(27-15)22-9-21(24-14-25-22)28-10-17-12-29(13-18(17)11-28)23(31)26-19-4-6-20(32-3)7-5-19/h4-9,14,17-18H,10-13H2,1-3H3,(H,26,31). The Bertz CT molecular complexity index is 1110. The predicted molar refractivity (Wildman–Crippen MR) is 121 cm³/mol. The van der Waals surface area contributed by atoms with Crippen LogP contribution in [-0.2, 0) is 0 Å². The third-order valence-electron chi connectivity index (χ3n) is 6.30. The summed E-state index contributed by atoms with van der Waals surface area (Å²) < 4.78 is 7.02. The van der Waals surface area contributed by atoms with E-state index in [4.69, 9.17) is 4.74 Å². The summed E-state index contributed by atoms with van der Waals surface area (Å²) in [5.41, 5.74) is 2.78. The Balaban J connectivity index is 1.22. The molecule has 166 valence electrons. The molecule has 5 rings (SSSR count). The number of ether oxygens (including phenoxy) is 1. The van der Waals surface area contributed by atoms with Crippen molar-refractivity contribution in [1.82, 2.24) is 24.6 Å². The van der Waals surface area contributed by atoms with Crippen LogP contribution in [0.25, 0.3) is 5.82 Å². The first-order valence-electron chi connectivity index (χ1n) is 10.8. The number of nitrogens with zero attached hydrogens (tertiary/aromatic N) is 6. The van der Waals surface area contributed by atoms with Gasteiger partial charge in [-0.25, -0.2) is 19.4 Å². The van der Waals surface area contributed by atoms with Crippen LogP contribution in [0.15, 0.2) is 42.7 Å². The highest BCUT2D eigenvalue weighted by atomic mass is 16.5. The second-order valence-electron chi connectivity index (χ2n) is 8.56. The van der Waals surface area contributed by atoms with E-state index in [1.807, 2.05) is 59.8 Å². The second-order valence-corrected chi connectivity index (χ2v) is 8.56. The van der Waals surface area contributed by atoms with E-state index in [0.717, 1.165) is 60.6 Å². The molecule has 2 amide bonds. The maximum absolute atomic E-state index is 12.7. The molecule has 32 heavy (non-hydrogen) atoms. The maximum atomic E-state index is 12.7. The molecule has 0 saturated carbocycles. The number of methoxy groups -OCH3 is 1. The Hall–Kier alpha value is -3.62. The first-order chi connectivity index (χ1) is 15.5. The fourth-order valence-corrected chi connectivity index (χ4v) is 4.71. The van der Waals surface area contributed by atoms with E-state index < -0.39 is 0 Å². The van der Waals surface area contributed by atoms with Gasteiger partial charge in [0.1, 0.15) is 17.9 Å². The molecule has 2 atom stereocenters. The molecule has 1 aromatic carbocycles. The van der Waals surface area contributed by atoms with Crippen LogP contribution in [0, 0.1) is 25.7 Å². The molecule has 1 N–H and O–H groups in total. The number of hydrogen-bond acceptors (Lipinski definition) is 6. The summed E-state index contributed by atoms with van der Waals surface area (Å²) in [6, 6.07) is 11.4. The number of rotatable bonds is 4. The molecule has 0 spiro atoms. The van der Waals surface area contributed by atoms with Crippen molar-refractivity contribution in [3.63, 3.8) is 0 Å². The minimum atomic E-state index is -0.0510. The number of benzene rings is 1. The van der Waals surface area contributed by atoms with Gasteiger partial charge in [0.25, 0.3) is 0 Å². The molecular formula is C23H27N7O2. The predicted octanol–water partition coefficient (Wildman–Crippen LogP) is 2.89. The number of carbonyl (C=O) groups excluding carboxylic acids is 1. The SMILES string of the molecule is COc1ccc(NC(=O)N2CC3CN(c4cc(-n5nc(C)cc5C)ncn4)CC3C2)cc1. The van der Waals surface area contributed by atoms with Crippen molar-refractivity contribution in [2.45, 2.75) is 13.8 Å². The minimum absolute atomic E-state index is 0.0510. The summed E-state index contributed by atoms with van der Waals surface area (Å²) in [5, 5.41) is 7.52. The van der Waals surface area contributed by atoms with Gasteiger partial charge < -0.3 is 19.9 Å². The minimum Gasteiger partial charge on any atom is -0.497 e. The summed E-state index contributed by atoms with van der Waals surface area (Å²) >= 11 is 0. The summed E-state index contributed by atoms with van der Waals surface area (Å²) in [7, 11) is 1.63. The quantitative estimate of drug-likeness (QED) is 0.681. The van der Waals surface area contributed by atoms with Crippen LogP contribution in [0.3, 0.4) is 0 Å². The van der Waals surface area contributed by atoms with Crippen molar-refractivity contribution >= 4 is 17.5 Å². The van der Waals surface area contributed by atoms with E-state index in [1.165, 1.54) is 0 Å². The molecule has 2 saturated heterocycles. The number of amides is 2. The number of carbonyl (C=O) groups is 1. The Kier molecular flexibility index (Phi) is 5.16. The van der Waals surface area contributed by atoms with E-state index in [1.54, 1.807) is 13.4 Å². The fourth-order valence-electron chi connectivity index (χ4n) is 4.71. The Labute approximate surface area is 187 Å². The molecule has 2 aliphatic heterocycles. The van der Waals surface area contributed by atoms with Gasteiger partial charge in [0.15, 0.2) is 5.82 Å². The summed E-state index contributed by atoms with van der Waals surface area (Å²) in [5.74, 6) is 3.32. The number of urea groups is 1. The van der Waals surface area contributed by atoms with E-state index in [9.17, 15) is 4.79 Å². The molecule has 9 heteroatoms. The van der Waals surface area contributed by atoms with Crippen molar-refractivity contribution in [3.05, 3.63) is 54.1 Å². The lowest BCUT2D eigenvalue weighted by Crippen LogP contribution is -2.36. The van der Waals surface area contributed by atoms with Gasteiger partial charge in [-0.2, -0.15) is 5.10 Å². The topological polar surface area (TPSA) is 88.4 Å². The first kappa shape index (κ1) is 20.3. The van der Waals surface area contributed by atoms with E-state index in [-0.39, 0.29) is 6.03 Å². The van der Waals surface area contributed by atoms with Crippen molar-refractivity contribution in [2.24, 2.45) is 11.8 Å². The van der Waals surface area contributed by atoms with E-state index in [0.29, 0.717) is 11.8 Å². The molecule has 2 fully saturated rings. The number of aryl methyl sites for hydroxylation is 2. The summed E-state index contributed by atoms with van der Waals surface area (Å²) in [4.78, 5) is 25.9. The number of hydrogen-bond donors (Lipinski definition) is 1. The van der Waals surface area contributed by atoms with Crippen LogP contribution in [0.4, 0.5) is 16.3 Å². The molecule has 0 bridgehead atoms. The average Bonchev–Trinajstić information content (AvgIpc) is 3.47.